The van der Waals surface area contributed by atoms with Crippen molar-refractivity contribution in [1.29, 1.82) is 0 Å². The van der Waals surface area contributed by atoms with Crippen molar-refractivity contribution in [1.82, 2.24) is 9.97 Å². The highest BCUT2D eigenvalue weighted by Crippen LogP contribution is 2.30. The molecule has 1 saturated carbocycles. The molecule has 1 heterocycles. The summed E-state index contributed by atoms with van der Waals surface area (Å²) in [4.78, 5) is 9.10. The van der Waals surface area contributed by atoms with Crippen LogP contribution in [0.4, 0.5) is 11.8 Å². The number of aliphatic hydroxyl groups is 3. The Kier molecular flexibility index (Phi) is 6.61. The average molecular weight is 406 g/mol. The van der Waals surface area contributed by atoms with Crippen LogP contribution in [0.5, 0.6) is 0 Å². The zero-order chi connectivity index (χ0) is 20.3. The van der Waals surface area contributed by atoms with Gasteiger partial charge in [0.05, 0.1) is 23.4 Å². The van der Waals surface area contributed by atoms with E-state index in [0.717, 1.165) is 12.8 Å². The second kappa shape index (κ2) is 8.95. The van der Waals surface area contributed by atoms with Crippen molar-refractivity contribution in [3.8, 4) is 0 Å². The Morgan fingerprint density at radius 1 is 1.32 bits per heavy atom. The Hall–Kier alpha value is -2.07. The summed E-state index contributed by atoms with van der Waals surface area (Å²) < 4.78 is 0. The summed E-state index contributed by atoms with van der Waals surface area (Å²) in [5.74, 6) is 0.465. The number of hydrogen-bond donors (Lipinski definition) is 6. The van der Waals surface area contributed by atoms with Gasteiger partial charge in [-0.3, -0.25) is 0 Å². The van der Waals surface area contributed by atoms with Gasteiger partial charge in [-0.05, 0) is 26.2 Å². The number of aliphatic hydroxyl groups excluding tert-OH is 3. The SMILES string of the molecule is Cc1nc(NCCC2=CC=CC2)nc(NC2CC(CO)C(O)C2O)c1C(N)=S. The van der Waals surface area contributed by atoms with E-state index in [4.69, 9.17) is 18.0 Å². The van der Waals surface area contributed by atoms with Crippen LogP contribution >= 0.6 is 12.2 Å². The van der Waals surface area contributed by atoms with E-state index in [0.29, 0.717) is 36.0 Å². The van der Waals surface area contributed by atoms with Gasteiger partial charge in [0.25, 0.3) is 0 Å². The smallest absolute Gasteiger partial charge is 0.224 e. The Balaban J connectivity index is 1.76. The van der Waals surface area contributed by atoms with Crippen LogP contribution in [0, 0.1) is 12.8 Å². The van der Waals surface area contributed by atoms with Crippen LogP contribution in [-0.4, -0.2) is 61.7 Å². The molecule has 0 aromatic carbocycles. The summed E-state index contributed by atoms with van der Waals surface area (Å²) in [5, 5.41) is 36.1. The molecule has 4 unspecified atom stereocenters. The van der Waals surface area contributed by atoms with Crippen molar-refractivity contribution >= 4 is 29.0 Å². The molecule has 7 N–H and O–H groups in total. The standard InChI is InChI=1S/C19H27N5O3S/c1-10-14(17(20)28)18(23-13-8-12(9-25)15(26)16(13)27)24-19(22-10)21-7-6-11-4-2-3-5-11/h2-4,12-13,15-16,25-27H,5-9H2,1H3,(H2,20,28)(H2,21,22,23,24). The highest BCUT2D eigenvalue weighted by atomic mass is 32.1. The number of nitrogens with one attached hydrogen (secondary N) is 2. The Bertz CT molecular complexity index is 798. The van der Waals surface area contributed by atoms with Gasteiger partial charge in [0.2, 0.25) is 5.95 Å². The van der Waals surface area contributed by atoms with Gasteiger partial charge in [0, 0.05) is 19.1 Å². The van der Waals surface area contributed by atoms with Crippen molar-refractivity contribution in [2.75, 3.05) is 23.8 Å². The molecule has 2 aliphatic rings. The molecular weight excluding hydrogens is 378 g/mol. The Morgan fingerprint density at radius 2 is 2.11 bits per heavy atom. The molecule has 2 aliphatic carbocycles. The summed E-state index contributed by atoms with van der Waals surface area (Å²) in [6.45, 7) is 2.29. The van der Waals surface area contributed by atoms with Gasteiger partial charge >= 0.3 is 0 Å². The molecule has 9 heteroatoms. The maximum atomic E-state index is 10.3. The van der Waals surface area contributed by atoms with E-state index in [1.165, 1.54) is 5.57 Å². The summed E-state index contributed by atoms with van der Waals surface area (Å²) in [6.07, 6.45) is 6.54. The van der Waals surface area contributed by atoms with Crippen LogP contribution < -0.4 is 16.4 Å². The number of thiocarbonyl (C=S) groups is 1. The van der Waals surface area contributed by atoms with Crippen molar-refractivity contribution in [2.45, 2.75) is 44.4 Å². The fourth-order valence-corrected chi connectivity index (χ4v) is 3.93. The zero-order valence-corrected chi connectivity index (χ0v) is 16.6. The van der Waals surface area contributed by atoms with E-state index >= 15 is 0 Å². The Labute approximate surface area is 169 Å². The molecule has 0 amide bonds. The normalized spacial score (nSPS) is 26.4. The number of nitrogens with two attached hydrogens (primary N) is 1. The van der Waals surface area contributed by atoms with Gasteiger partial charge < -0.3 is 31.7 Å². The van der Waals surface area contributed by atoms with Crippen LogP contribution in [0.25, 0.3) is 0 Å². The summed E-state index contributed by atoms with van der Waals surface area (Å²) in [6, 6.07) is -0.475. The third kappa shape index (κ3) is 4.49. The lowest BCUT2D eigenvalue weighted by atomic mass is 10.1. The van der Waals surface area contributed by atoms with Gasteiger partial charge in [-0.2, -0.15) is 4.98 Å². The number of aromatic nitrogens is 2. The summed E-state index contributed by atoms with van der Waals surface area (Å²) in [7, 11) is 0. The minimum atomic E-state index is -1.02. The fourth-order valence-electron chi connectivity index (χ4n) is 3.69. The van der Waals surface area contributed by atoms with Gasteiger partial charge in [0.15, 0.2) is 0 Å². The zero-order valence-electron chi connectivity index (χ0n) is 15.8. The van der Waals surface area contributed by atoms with Crippen LogP contribution in [0.2, 0.25) is 0 Å². The number of anilines is 2. The van der Waals surface area contributed by atoms with Gasteiger partial charge in [-0.25, -0.2) is 4.98 Å². The van der Waals surface area contributed by atoms with Crippen LogP contribution in [0.15, 0.2) is 23.8 Å². The van der Waals surface area contributed by atoms with Crippen molar-refractivity contribution in [2.24, 2.45) is 11.7 Å². The molecule has 1 aromatic rings. The van der Waals surface area contributed by atoms with E-state index in [1.54, 1.807) is 6.92 Å². The van der Waals surface area contributed by atoms with Crippen molar-refractivity contribution in [3.05, 3.63) is 35.1 Å². The molecule has 4 atom stereocenters. The second-order valence-electron chi connectivity index (χ2n) is 7.26. The maximum Gasteiger partial charge on any atom is 0.224 e. The van der Waals surface area contributed by atoms with Gasteiger partial charge in [-0.1, -0.05) is 36.0 Å². The molecule has 0 aliphatic heterocycles. The van der Waals surface area contributed by atoms with Gasteiger partial charge in [-0.15, -0.1) is 0 Å². The van der Waals surface area contributed by atoms with E-state index in [9.17, 15) is 15.3 Å². The highest BCUT2D eigenvalue weighted by Gasteiger charge is 2.41. The monoisotopic (exact) mass is 405 g/mol. The first-order valence-corrected chi connectivity index (χ1v) is 9.82. The van der Waals surface area contributed by atoms with E-state index < -0.39 is 24.2 Å². The van der Waals surface area contributed by atoms with E-state index in [1.807, 2.05) is 0 Å². The number of allylic oxidation sites excluding steroid dienone is 3. The molecule has 0 spiro atoms. The first kappa shape index (κ1) is 20.7. The molecular formula is C19H27N5O3S. The third-order valence-electron chi connectivity index (χ3n) is 5.27. The summed E-state index contributed by atoms with van der Waals surface area (Å²) in [5.41, 5.74) is 8.35. The fraction of sp³-hybridized carbons (Fsp3) is 0.526. The van der Waals surface area contributed by atoms with Crippen LogP contribution in [-0.2, 0) is 0 Å². The van der Waals surface area contributed by atoms with Crippen molar-refractivity contribution in [3.63, 3.8) is 0 Å². The molecule has 152 valence electrons. The molecule has 0 radical (unpaired) electrons. The maximum absolute atomic E-state index is 10.3. The van der Waals surface area contributed by atoms with E-state index in [-0.39, 0.29) is 11.6 Å². The highest BCUT2D eigenvalue weighted by molar-refractivity contribution is 7.80. The average Bonchev–Trinajstić information content (AvgIpc) is 3.25. The molecule has 28 heavy (non-hydrogen) atoms. The number of nitrogens with zero attached hydrogens (tertiary/aromatic N) is 2. The minimum Gasteiger partial charge on any atom is -0.396 e. The topological polar surface area (TPSA) is 137 Å². The molecule has 8 nitrogen and oxygen atoms in total. The minimum absolute atomic E-state index is 0.153. The van der Waals surface area contributed by atoms with Gasteiger partial charge in [0.1, 0.15) is 16.9 Å². The lowest BCUT2D eigenvalue weighted by Crippen LogP contribution is -2.36. The molecule has 0 saturated heterocycles. The first-order valence-electron chi connectivity index (χ1n) is 9.41. The number of aryl methyl sites for hydroxylation is 1. The number of hydrogen-bond acceptors (Lipinski definition) is 8. The van der Waals surface area contributed by atoms with Crippen LogP contribution in [0.3, 0.4) is 0 Å². The number of rotatable bonds is 8. The van der Waals surface area contributed by atoms with Crippen LogP contribution in [0.1, 0.15) is 30.5 Å². The molecule has 1 fully saturated rings. The van der Waals surface area contributed by atoms with E-state index in [2.05, 4.69) is 38.8 Å². The molecule has 0 bridgehead atoms. The summed E-state index contributed by atoms with van der Waals surface area (Å²) >= 11 is 5.15. The quantitative estimate of drug-likeness (QED) is 0.344. The first-order chi connectivity index (χ1) is 13.4. The van der Waals surface area contributed by atoms with Crippen molar-refractivity contribution < 1.29 is 15.3 Å². The predicted octanol–water partition coefficient (Wildman–Crippen LogP) is 0.622. The second-order valence-corrected chi connectivity index (χ2v) is 7.70. The molecule has 3 rings (SSSR count). The molecule has 1 aromatic heterocycles. The lowest BCUT2D eigenvalue weighted by molar-refractivity contribution is 0.00445. The largest absolute Gasteiger partial charge is 0.396 e. The predicted molar refractivity (Wildman–Crippen MR) is 112 cm³/mol. The Morgan fingerprint density at radius 3 is 2.71 bits per heavy atom. The lowest BCUT2D eigenvalue weighted by Gasteiger charge is -2.21. The third-order valence-corrected chi connectivity index (χ3v) is 5.48.